The summed E-state index contributed by atoms with van der Waals surface area (Å²) < 4.78 is 0. The highest BCUT2D eigenvalue weighted by molar-refractivity contribution is 6.46. The summed E-state index contributed by atoms with van der Waals surface area (Å²) in [5, 5.41) is 9.48. The van der Waals surface area contributed by atoms with Crippen molar-refractivity contribution in [2.24, 2.45) is 20.0 Å². The quantitative estimate of drug-likeness (QED) is 0.456. The molecule has 2 rings (SSSR count). The summed E-state index contributed by atoms with van der Waals surface area (Å²) in [7, 11) is 0. The first kappa shape index (κ1) is 25.7. The van der Waals surface area contributed by atoms with Crippen LogP contribution < -0.4 is 21.3 Å². The minimum atomic E-state index is -0.641. The summed E-state index contributed by atoms with van der Waals surface area (Å²) in [6.45, 7) is 13.8. The molecule has 0 aromatic carbocycles. The Morgan fingerprint density at radius 3 is 2.22 bits per heavy atom. The Morgan fingerprint density at radius 1 is 1.00 bits per heavy atom. The Bertz CT molecular complexity index is 1000. The van der Waals surface area contributed by atoms with Crippen molar-refractivity contribution < 1.29 is 24.0 Å². The van der Waals surface area contributed by atoms with Crippen molar-refractivity contribution in [2.75, 3.05) is 6.54 Å². The average molecular weight is 444 g/mol. The van der Waals surface area contributed by atoms with Crippen LogP contribution in [-0.2, 0) is 19.2 Å². The van der Waals surface area contributed by atoms with Gasteiger partial charge >= 0.3 is 6.03 Å². The molecular formula is C19H24N8O5. The predicted molar refractivity (Wildman–Crippen MR) is 118 cm³/mol. The van der Waals surface area contributed by atoms with Gasteiger partial charge in [-0.05, 0) is 13.8 Å². The van der Waals surface area contributed by atoms with E-state index < -0.39 is 17.8 Å². The van der Waals surface area contributed by atoms with Gasteiger partial charge < -0.3 is 21.3 Å². The molecule has 4 N–H and O–H groups in total. The fraction of sp³-hybridized carbons (Fsp3) is 0.316. The summed E-state index contributed by atoms with van der Waals surface area (Å²) in [6, 6.07) is -0.602. The summed E-state index contributed by atoms with van der Waals surface area (Å²) in [6.07, 6.45) is 0.221. The van der Waals surface area contributed by atoms with Crippen LogP contribution in [0, 0.1) is 0 Å². The number of nitrogens with one attached hydrogen (secondary N) is 4. The molecule has 0 saturated heterocycles. The van der Waals surface area contributed by atoms with Crippen LogP contribution in [0.25, 0.3) is 0 Å². The average Bonchev–Trinajstić information content (AvgIpc) is 2.70. The number of urea groups is 1. The zero-order chi connectivity index (χ0) is 24.4. The first-order valence-corrected chi connectivity index (χ1v) is 9.39. The van der Waals surface area contributed by atoms with Gasteiger partial charge in [-0.3, -0.25) is 19.2 Å². The number of hydrogen-bond acceptors (Lipinski definition) is 7. The summed E-state index contributed by atoms with van der Waals surface area (Å²) >= 11 is 0. The number of carbonyl (C=O) groups excluding carboxylic acids is 5. The molecule has 13 heteroatoms. The van der Waals surface area contributed by atoms with E-state index in [0.29, 0.717) is 12.2 Å². The number of carbonyl (C=O) groups is 5. The largest absolute Gasteiger partial charge is 0.342 e. The molecular weight excluding hydrogens is 420 g/mol. The minimum Gasteiger partial charge on any atom is -0.336 e. The molecule has 32 heavy (non-hydrogen) atoms. The van der Waals surface area contributed by atoms with Crippen LogP contribution in [0.15, 0.2) is 44.5 Å². The van der Waals surface area contributed by atoms with Crippen molar-refractivity contribution >= 4 is 52.9 Å². The van der Waals surface area contributed by atoms with Crippen LogP contribution in [0.5, 0.6) is 0 Å². The standard InChI is InChI=1S/C11H15N5O3.C8H9N3O2/c1-4-7(17)14-9-10(18)15-8(6(3)13-9)16-11(19)12-5-2;1-4-7(10-6(3)12)11-8(13)5(2)9-4/h3-5H2,1-2H3,(H,13,14,17)(H2,12,15,16,18,19);1H2,2-3H3,(H,10,11,12,13). The topological polar surface area (TPSA) is 183 Å². The molecule has 170 valence electrons. The molecule has 0 saturated carbocycles. The van der Waals surface area contributed by atoms with Gasteiger partial charge in [0.05, 0.1) is 5.70 Å². The van der Waals surface area contributed by atoms with E-state index in [9.17, 15) is 24.0 Å². The van der Waals surface area contributed by atoms with Gasteiger partial charge in [-0.1, -0.05) is 20.1 Å². The van der Waals surface area contributed by atoms with Crippen LogP contribution in [0.4, 0.5) is 4.79 Å². The van der Waals surface area contributed by atoms with E-state index >= 15 is 0 Å². The first-order chi connectivity index (χ1) is 15.0. The second-order valence-electron chi connectivity index (χ2n) is 6.15. The second kappa shape index (κ2) is 11.8. The van der Waals surface area contributed by atoms with Gasteiger partial charge in [0.25, 0.3) is 11.8 Å². The lowest BCUT2D eigenvalue weighted by Gasteiger charge is -2.16. The van der Waals surface area contributed by atoms with E-state index in [1.807, 2.05) is 0 Å². The van der Waals surface area contributed by atoms with Gasteiger partial charge in [0.1, 0.15) is 11.4 Å². The van der Waals surface area contributed by atoms with Crippen molar-refractivity contribution in [1.29, 1.82) is 0 Å². The summed E-state index contributed by atoms with van der Waals surface area (Å²) in [5.41, 5.74) is 0.670. The fourth-order valence-corrected chi connectivity index (χ4v) is 1.98. The van der Waals surface area contributed by atoms with Crippen molar-refractivity contribution in [3.05, 3.63) is 24.6 Å². The monoisotopic (exact) mass is 444 g/mol. The van der Waals surface area contributed by atoms with E-state index in [2.05, 4.69) is 54.4 Å². The van der Waals surface area contributed by atoms with Gasteiger partial charge in [0.2, 0.25) is 11.8 Å². The van der Waals surface area contributed by atoms with Gasteiger partial charge in [0.15, 0.2) is 17.5 Å². The number of hydrogen-bond donors (Lipinski definition) is 4. The Balaban J connectivity index is 0.000000343. The highest BCUT2D eigenvalue weighted by atomic mass is 16.2. The van der Waals surface area contributed by atoms with Crippen LogP contribution in [0.2, 0.25) is 0 Å². The lowest BCUT2D eigenvalue weighted by molar-refractivity contribution is -0.121. The maximum absolute atomic E-state index is 11.6. The van der Waals surface area contributed by atoms with Crippen molar-refractivity contribution in [2.45, 2.75) is 34.1 Å². The zero-order valence-corrected chi connectivity index (χ0v) is 18.2. The third-order valence-corrected chi connectivity index (χ3v) is 3.48. The molecule has 0 aliphatic carbocycles. The lowest BCUT2D eigenvalue weighted by Crippen LogP contribution is -2.48. The molecule has 0 fully saturated rings. The molecule has 0 spiro atoms. The maximum atomic E-state index is 11.6. The van der Waals surface area contributed by atoms with E-state index in [1.54, 1.807) is 20.8 Å². The van der Waals surface area contributed by atoms with Crippen molar-refractivity contribution in [3.8, 4) is 0 Å². The van der Waals surface area contributed by atoms with Gasteiger partial charge in [0, 0.05) is 19.9 Å². The molecule has 0 unspecified atom stereocenters. The minimum absolute atomic E-state index is 0.0366. The van der Waals surface area contributed by atoms with Crippen molar-refractivity contribution in [1.82, 2.24) is 21.3 Å². The summed E-state index contributed by atoms with van der Waals surface area (Å²) in [4.78, 5) is 70.6. The highest BCUT2D eigenvalue weighted by Crippen LogP contribution is 2.04. The smallest absolute Gasteiger partial charge is 0.336 e. The molecule has 2 aliphatic heterocycles. The lowest BCUT2D eigenvalue weighted by atomic mass is 10.3. The molecule has 13 nitrogen and oxygen atoms in total. The number of nitrogens with zero attached hydrogens (tertiary/aromatic N) is 4. The Kier molecular flexibility index (Phi) is 9.48. The molecule has 0 aromatic rings. The highest BCUT2D eigenvalue weighted by Gasteiger charge is 2.23. The van der Waals surface area contributed by atoms with Crippen LogP contribution >= 0.6 is 0 Å². The SMILES string of the molecule is C=C1N=C(C)C(=O)N=C1NC(C)=O.C=C1N=C(NC(=O)CC)C(=O)NC1=NC(=O)NCC. The van der Waals surface area contributed by atoms with Crippen LogP contribution in [0.1, 0.15) is 34.1 Å². The molecule has 0 aromatic heterocycles. The zero-order valence-electron chi connectivity index (χ0n) is 18.2. The van der Waals surface area contributed by atoms with Gasteiger partial charge in [-0.25, -0.2) is 14.8 Å². The number of amidine groups is 3. The molecule has 2 heterocycles. The van der Waals surface area contributed by atoms with E-state index in [4.69, 9.17) is 0 Å². The second-order valence-corrected chi connectivity index (χ2v) is 6.15. The summed E-state index contributed by atoms with van der Waals surface area (Å²) in [5.74, 6) is -1.80. The van der Waals surface area contributed by atoms with Gasteiger partial charge in [-0.2, -0.15) is 9.98 Å². The number of rotatable bonds is 2. The Labute approximate surface area is 184 Å². The van der Waals surface area contributed by atoms with Crippen LogP contribution in [0.3, 0.4) is 0 Å². The van der Waals surface area contributed by atoms with E-state index in [0.717, 1.165) is 0 Å². The molecule has 0 radical (unpaired) electrons. The fourth-order valence-electron chi connectivity index (χ4n) is 1.98. The molecule has 6 amide bonds. The first-order valence-electron chi connectivity index (χ1n) is 9.39. The Hall–Kier alpha value is -4.29. The van der Waals surface area contributed by atoms with Crippen molar-refractivity contribution in [3.63, 3.8) is 0 Å². The molecule has 2 aliphatic rings. The van der Waals surface area contributed by atoms with Gasteiger partial charge in [-0.15, -0.1) is 0 Å². The van der Waals surface area contributed by atoms with Crippen LogP contribution in [-0.4, -0.2) is 59.4 Å². The third kappa shape index (κ3) is 7.85. The normalized spacial score (nSPS) is 16.6. The number of aliphatic imine (C=N–C) groups is 4. The Morgan fingerprint density at radius 2 is 1.66 bits per heavy atom. The molecule has 0 atom stereocenters. The van der Waals surface area contributed by atoms with E-state index in [1.165, 1.54) is 6.92 Å². The number of amides is 6. The van der Waals surface area contributed by atoms with E-state index in [-0.39, 0.29) is 47.2 Å². The molecule has 0 bridgehead atoms. The maximum Gasteiger partial charge on any atom is 0.342 e. The third-order valence-electron chi connectivity index (χ3n) is 3.48. The predicted octanol–water partition coefficient (Wildman–Crippen LogP) is -0.282.